The first-order valence-corrected chi connectivity index (χ1v) is 13.8. The van der Waals surface area contributed by atoms with E-state index in [-0.39, 0.29) is 0 Å². The third-order valence-corrected chi connectivity index (χ3v) is 6.54. The van der Waals surface area contributed by atoms with Gasteiger partial charge < -0.3 is 9.47 Å². The van der Waals surface area contributed by atoms with Gasteiger partial charge in [0.2, 0.25) is 0 Å². The minimum atomic E-state index is -0.391. The molecule has 0 spiro atoms. The lowest BCUT2D eigenvalue weighted by molar-refractivity contribution is 0.0734. The van der Waals surface area contributed by atoms with Crippen molar-refractivity contribution in [2.24, 2.45) is 4.99 Å². The predicted molar refractivity (Wildman–Crippen MR) is 157 cm³/mol. The molecule has 0 fully saturated rings. The van der Waals surface area contributed by atoms with Gasteiger partial charge in [-0.1, -0.05) is 82.2 Å². The first-order valence-electron chi connectivity index (χ1n) is 13.8. The third-order valence-electron chi connectivity index (χ3n) is 6.54. The molecule has 4 aromatic rings. The quantitative estimate of drug-likeness (QED) is 0.0739. The molecule has 0 atom stereocenters. The summed E-state index contributed by atoms with van der Waals surface area (Å²) >= 11 is 0. The van der Waals surface area contributed by atoms with Crippen LogP contribution in [0.4, 0.5) is 5.69 Å². The van der Waals surface area contributed by atoms with Crippen molar-refractivity contribution < 1.29 is 14.3 Å². The number of rotatable bonds is 14. The third kappa shape index (κ3) is 8.58. The van der Waals surface area contributed by atoms with Crippen LogP contribution in [0.3, 0.4) is 0 Å². The molecule has 0 aliphatic heterocycles. The second kappa shape index (κ2) is 14.7. The van der Waals surface area contributed by atoms with E-state index in [1.165, 1.54) is 50.3 Å². The Labute approximate surface area is 226 Å². The van der Waals surface area contributed by atoms with Gasteiger partial charge in [-0.15, -0.1) is 0 Å². The average molecular weight is 508 g/mol. The molecule has 4 heteroatoms. The molecule has 0 aromatic heterocycles. The number of ether oxygens (including phenoxy) is 2. The Bertz CT molecular complexity index is 1310. The molecule has 4 rings (SSSR count). The molecule has 0 heterocycles. The van der Waals surface area contributed by atoms with Gasteiger partial charge in [0.05, 0.1) is 17.9 Å². The number of carbonyl (C=O) groups is 1. The van der Waals surface area contributed by atoms with Crippen LogP contribution < -0.4 is 9.47 Å². The topological polar surface area (TPSA) is 47.9 Å². The molecule has 0 unspecified atom stereocenters. The highest BCUT2D eigenvalue weighted by Gasteiger charge is 2.09. The van der Waals surface area contributed by atoms with E-state index in [0.29, 0.717) is 17.9 Å². The van der Waals surface area contributed by atoms with Gasteiger partial charge in [0.15, 0.2) is 0 Å². The van der Waals surface area contributed by atoms with Crippen LogP contribution in [-0.2, 0) is 0 Å². The van der Waals surface area contributed by atoms with Crippen LogP contribution in [0.5, 0.6) is 11.5 Å². The van der Waals surface area contributed by atoms with E-state index in [9.17, 15) is 4.79 Å². The second-order valence-corrected chi connectivity index (χ2v) is 9.60. The Hall–Kier alpha value is -3.92. The zero-order valence-corrected chi connectivity index (χ0v) is 22.3. The summed E-state index contributed by atoms with van der Waals surface area (Å²) in [6.45, 7) is 2.95. The first kappa shape index (κ1) is 27.1. The lowest BCUT2D eigenvalue weighted by Crippen LogP contribution is -2.08. The molecule has 38 heavy (non-hydrogen) atoms. The molecule has 0 saturated heterocycles. The van der Waals surface area contributed by atoms with Crippen molar-refractivity contribution >= 4 is 28.6 Å². The fourth-order valence-electron chi connectivity index (χ4n) is 4.31. The van der Waals surface area contributed by atoms with Crippen LogP contribution in [-0.4, -0.2) is 18.8 Å². The Balaban J connectivity index is 1.20. The van der Waals surface area contributed by atoms with Crippen LogP contribution >= 0.6 is 0 Å². The standard InChI is InChI=1S/C34H37NO3/c1-2-3-4-5-6-7-8-11-24-37-32-22-17-29(18-23-32)34(36)38-33-20-14-27(15-21-33)26-35-31-19-16-28-12-9-10-13-30(28)25-31/h9-10,12-23,25-26H,2-8,11,24H2,1H3. The van der Waals surface area contributed by atoms with Gasteiger partial charge >= 0.3 is 5.97 Å². The molecule has 196 valence electrons. The van der Waals surface area contributed by atoms with Gasteiger partial charge in [-0.25, -0.2) is 4.79 Å². The van der Waals surface area contributed by atoms with Crippen LogP contribution in [0, 0.1) is 0 Å². The van der Waals surface area contributed by atoms with Gasteiger partial charge in [0.25, 0.3) is 0 Å². The van der Waals surface area contributed by atoms with Crippen molar-refractivity contribution in [2.45, 2.75) is 58.3 Å². The monoisotopic (exact) mass is 507 g/mol. The van der Waals surface area contributed by atoms with E-state index in [2.05, 4.69) is 36.2 Å². The number of carbonyl (C=O) groups excluding carboxylic acids is 1. The first-order chi connectivity index (χ1) is 18.7. The molecule has 0 aliphatic rings. The van der Waals surface area contributed by atoms with Gasteiger partial charge in [0.1, 0.15) is 11.5 Å². The van der Waals surface area contributed by atoms with Crippen LogP contribution in [0.25, 0.3) is 10.8 Å². The fraction of sp³-hybridized carbons (Fsp3) is 0.294. The van der Waals surface area contributed by atoms with E-state index in [4.69, 9.17) is 9.47 Å². The molecule has 0 aliphatic carbocycles. The maximum absolute atomic E-state index is 12.6. The Morgan fingerprint density at radius 3 is 2.11 bits per heavy atom. The van der Waals surface area contributed by atoms with Gasteiger partial charge in [-0.2, -0.15) is 0 Å². The molecule has 0 radical (unpaired) electrons. The summed E-state index contributed by atoms with van der Waals surface area (Å²) in [4.78, 5) is 17.1. The predicted octanol–water partition coefficient (Wildman–Crippen LogP) is 9.33. The van der Waals surface area contributed by atoms with E-state index in [1.54, 1.807) is 24.3 Å². The minimum absolute atomic E-state index is 0.391. The molecule has 0 N–H and O–H groups in total. The maximum atomic E-state index is 12.6. The van der Waals surface area contributed by atoms with Crippen LogP contribution in [0.2, 0.25) is 0 Å². The highest BCUT2D eigenvalue weighted by atomic mass is 16.5. The molecule has 0 amide bonds. The molecular weight excluding hydrogens is 470 g/mol. The lowest BCUT2D eigenvalue weighted by Gasteiger charge is -2.08. The molecular formula is C34H37NO3. The largest absolute Gasteiger partial charge is 0.494 e. The van der Waals surface area contributed by atoms with Crippen molar-refractivity contribution in [1.82, 2.24) is 0 Å². The minimum Gasteiger partial charge on any atom is -0.494 e. The van der Waals surface area contributed by atoms with E-state index in [1.807, 2.05) is 48.7 Å². The number of nitrogens with zero attached hydrogens (tertiary/aromatic N) is 1. The summed E-state index contributed by atoms with van der Waals surface area (Å²) in [6, 6.07) is 28.8. The lowest BCUT2D eigenvalue weighted by atomic mass is 10.1. The Morgan fingerprint density at radius 2 is 1.37 bits per heavy atom. The number of fused-ring (bicyclic) bond motifs is 1. The highest BCUT2D eigenvalue weighted by Crippen LogP contribution is 2.22. The van der Waals surface area contributed by atoms with Crippen molar-refractivity contribution in [3.63, 3.8) is 0 Å². The average Bonchev–Trinajstić information content (AvgIpc) is 2.96. The summed E-state index contributed by atoms with van der Waals surface area (Å²) in [5.41, 5.74) is 2.31. The van der Waals surface area contributed by atoms with E-state index in [0.717, 1.165) is 28.8 Å². The second-order valence-electron chi connectivity index (χ2n) is 9.60. The maximum Gasteiger partial charge on any atom is 0.343 e. The zero-order chi connectivity index (χ0) is 26.4. The van der Waals surface area contributed by atoms with E-state index >= 15 is 0 Å². The number of hydrogen-bond acceptors (Lipinski definition) is 4. The van der Waals surface area contributed by atoms with Gasteiger partial charge in [-0.3, -0.25) is 4.99 Å². The number of esters is 1. The van der Waals surface area contributed by atoms with E-state index < -0.39 is 5.97 Å². The molecule has 4 aromatic carbocycles. The van der Waals surface area contributed by atoms with Gasteiger partial charge in [0, 0.05) is 6.21 Å². The number of aliphatic imine (C=N–C) groups is 1. The number of benzene rings is 4. The van der Waals surface area contributed by atoms with Crippen molar-refractivity contribution in [1.29, 1.82) is 0 Å². The normalized spacial score (nSPS) is 11.2. The van der Waals surface area contributed by atoms with Gasteiger partial charge in [-0.05, 0) is 83.4 Å². The summed E-state index contributed by atoms with van der Waals surface area (Å²) in [5, 5.41) is 2.35. The zero-order valence-electron chi connectivity index (χ0n) is 22.3. The summed E-state index contributed by atoms with van der Waals surface area (Å²) < 4.78 is 11.4. The molecule has 0 bridgehead atoms. The summed E-state index contributed by atoms with van der Waals surface area (Å²) in [6.07, 6.45) is 12.0. The highest BCUT2D eigenvalue weighted by molar-refractivity contribution is 5.91. The molecule has 4 nitrogen and oxygen atoms in total. The summed E-state index contributed by atoms with van der Waals surface area (Å²) in [5.74, 6) is 0.879. The SMILES string of the molecule is CCCCCCCCCCOc1ccc(C(=O)Oc2ccc(C=Nc3ccc4ccccc4c3)cc2)cc1. The number of unbranched alkanes of at least 4 members (excludes halogenated alkanes) is 7. The Morgan fingerprint density at radius 1 is 0.711 bits per heavy atom. The smallest absolute Gasteiger partial charge is 0.343 e. The summed E-state index contributed by atoms with van der Waals surface area (Å²) in [7, 11) is 0. The fourth-order valence-corrected chi connectivity index (χ4v) is 4.31. The van der Waals surface area contributed by atoms with Crippen molar-refractivity contribution in [3.8, 4) is 11.5 Å². The van der Waals surface area contributed by atoms with Crippen LogP contribution in [0.1, 0.15) is 74.2 Å². The Kier molecular flexibility index (Phi) is 10.5. The number of hydrogen-bond donors (Lipinski definition) is 0. The molecule has 0 saturated carbocycles. The van der Waals surface area contributed by atoms with Crippen molar-refractivity contribution in [2.75, 3.05) is 6.61 Å². The van der Waals surface area contributed by atoms with Crippen molar-refractivity contribution in [3.05, 3.63) is 102 Å². The van der Waals surface area contributed by atoms with Crippen LogP contribution in [0.15, 0.2) is 96.0 Å².